The maximum atomic E-state index is 12.9. The number of carbonyl (C=O) groups excluding carboxylic acids is 1. The number of nitrogens with two attached hydrogens (primary N) is 1. The standard InChI is InChI=1S/C18H28N2O/c1-4-20(13-16-10-6-5-9-15(16)3)17(21)18(19)11-7-8-14(2)12-18/h5-6,9-10,14H,4,7-8,11-13,19H2,1-3H3. The Morgan fingerprint density at radius 2 is 2.14 bits per heavy atom. The van der Waals surface area contributed by atoms with E-state index >= 15 is 0 Å². The van der Waals surface area contributed by atoms with E-state index in [0.29, 0.717) is 19.0 Å². The van der Waals surface area contributed by atoms with E-state index in [1.807, 2.05) is 24.0 Å². The van der Waals surface area contributed by atoms with Crippen molar-refractivity contribution in [2.75, 3.05) is 6.54 Å². The monoisotopic (exact) mass is 288 g/mol. The van der Waals surface area contributed by atoms with E-state index in [9.17, 15) is 4.79 Å². The van der Waals surface area contributed by atoms with Gasteiger partial charge in [-0.1, -0.05) is 44.0 Å². The van der Waals surface area contributed by atoms with Gasteiger partial charge in [0.2, 0.25) is 5.91 Å². The summed E-state index contributed by atoms with van der Waals surface area (Å²) in [7, 11) is 0. The normalized spacial score (nSPS) is 25.6. The van der Waals surface area contributed by atoms with Gasteiger partial charge < -0.3 is 10.6 Å². The minimum atomic E-state index is -0.656. The number of carbonyl (C=O) groups is 1. The molecule has 0 aliphatic heterocycles. The molecule has 1 fully saturated rings. The average Bonchev–Trinajstić information content (AvgIpc) is 2.45. The summed E-state index contributed by atoms with van der Waals surface area (Å²) < 4.78 is 0. The van der Waals surface area contributed by atoms with Gasteiger partial charge in [-0.2, -0.15) is 0 Å². The Balaban J connectivity index is 2.13. The van der Waals surface area contributed by atoms with Crippen molar-refractivity contribution in [1.29, 1.82) is 0 Å². The summed E-state index contributed by atoms with van der Waals surface area (Å²) in [6.07, 6.45) is 3.89. The Morgan fingerprint density at radius 3 is 2.76 bits per heavy atom. The second kappa shape index (κ2) is 6.61. The van der Waals surface area contributed by atoms with Crippen molar-refractivity contribution in [1.82, 2.24) is 4.90 Å². The zero-order valence-corrected chi connectivity index (χ0v) is 13.6. The zero-order chi connectivity index (χ0) is 15.5. The highest BCUT2D eigenvalue weighted by molar-refractivity contribution is 5.86. The van der Waals surface area contributed by atoms with Crippen LogP contribution in [0.15, 0.2) is 24.3 Å². The highest BCUT2D eigenvalue weighted by Gasteiger charge is 2.40. The van der Waals surface area contributed by atoms with E-state index in [0.717, 1.165) is 19.3 Å². The Hall–Kier alpha value is -1.35. The highest BCUT2D eigenvalue weighted by Crippen LogP contribution is 2.32. The van der Waals surface area contributed by atoms with Crippen molar-refractivity contribution in [3.05, 3.63) is 35.4 Å². The predicted octanol–water partition coefficient (Wildman–Crippen LogP) is 3.25. The Morgan fingerprint density at radius 1 is 1.43 bits per heavy atom. The van der Waals surface area contributed by atoms with E-state index in [2.05, 4.69) is 26.0 Å². The summed E-state index contributed by atoms with van der Waals surface area (Å²) in [5.41, 5.74) is 8.25. The molecule has 0 bridgehead atoms. The number of hydrogen-bond donors (Lipinski definition) is 1. The molecule has 2 atom stereocenters. The van der Waals surface area contributed by atoms with Crippen LogP contribution in [-0.2, 0) is 11.3 Å². The van der Waals surface area contributed by atoms with Crippen molar-refractivity contribution in [2.45, 2.75) is 58.5 Å². The highest BCUT2D eigenvalue weighted by atomic mass is 16.2. The third-order valence-electron chi connectivity index (χ3n) is 4.75. The van der Waals surface area contributed by atoms with Gasteiger partial charge in [-0.15, -0.1) is 0 Å². The molecule has 1 saturated carbocycles. The van der Waals surface area contributed by atoms with Gasteiger partial charge in [0.1, 0.15) is 0 Å². The van der Waals surface area contributed by atoms with Gasteiger partial charge in [0, 0.05) is 13.1 Å². The lowest BCUT2D eigenvalue weighted by Gasteiger charge is -2.39. The van der Waals surface area contributed by atoms with Gasteiger partial charge in [-0.05, 0) is 43.7 Å². The van der Waals surface area contributed by atoms with Crippen molar-refractivity contribution < 1.29 is 4.79 Å². The predicted molar refractivity (Wildman–Crippen MR) is 86.8 cm³/mol. The smallest absolute Gasteiger partial charge is 0.242 e. The number of rotatable bonds is 4. The molecule has 1 aromatic carbocycles. The van der Waals surface area contributed by atoms with Crippen LogP contribution in [0.5, 0.6) is 0 Å². The van der Waals surface area contributed by atoms with E-state index in [-0.39, 0.29) is 5.91 Å². The van der Waals surface area contributed by atoms with Crippen LogP contribution in [0.3, 0.4) is 0 Å². The molecule has 1 amide bonds. The summed E-state index contributed by atoms with van der Waals surface area (Å²) in [6.45, 7) is 7.70. The molecule has 3 nitrogen and oxygen atoms in total. The number of likely N-dealkylation sites (N-methyl/N-ethyl adjacent to an activating group) is 1. The molecule has 1 aromatic rings. The molecule has 1 aliphatic rings. The van der Waals surface area contributed by atoms with Crippen molar-refractivity contribution in [3.63, 3.8) is 0 Å². The molecule has 0 spiro atoms. The molecule has 3 heteroatoms. The molecule has 116 valence electrons. The number of amides is 1. The van der Waals surface area contributed by atoms with E-state index in [1.54, 1.807) is 0 Å². The third kappa shape index (κ3) is 3.65. The first-order valence-corrected chi connectivity index (χ1v) is 8.09. The molecular weight excluding hydrogens is 260 g/mol. The lowest BCUT2D eigenvalue weighted by Crippen LogP contribution is -2.57. The zero-order valence-electron chi connectivity index (χ0n) is 13.6. The molecule has 21 heavy (non-hydrogen) atoms. The number of benzene rings is 1. The molecule has 0 saturated heterocycles. The molecule has 2 N–H and O–H groups in total. The first-order valence-electron chi connectivity index (χ1n) is 8.09. The first kappa shape index (κ1) is 16.0. The Bertz CT molecular complexity index is 500. The average molecular weight is 288 g/mol. The summed E-state index contributed by atoms with van der Waals surface area (Å²) in [6, 6.07) is 8.25. The van der Waals surface area contributed by atoms with Crippen LogP contribution in [0.2, 0.25) is 0 Å². The molecule has 2 unspecified atom stereocenters. The van der Waals surface area contributed by atoms with Gasteiger partial charge in [0.25, 0.3) is 0 Å². The molecule has 1 aliphatic carbocycles. The molecule has 0 radical (unpaired) electrons. The first-order chi connectivity index (χ1) is 9.96. The van der Waals surface area contributed by atoms with Crippen molar-refractivity contribution in [3.8, 4) is 0 Å². The minimum Gasteiger partial charge on any atom is -0.337 e. The van der Waals surface area contributed by atoms with Crippen molar-refractivity contribution in [2.24, 2.45) is 11.7 Å². The second-order valence-corrected chi connectivity index (χ2v) is 6.60. The van der Waals surface area contributed by atoms with E-state index < -0.39 is 5.54 Å². The van der Waals surface area contributed by atoms with Crippen LogP contribution in [0.4, 0.5) is 0 Å². The van der Waals surface area contributed by atoms with E-state index in [4.69, 9.17) is 5.73 Å². The largest absolute Gasteiger partial charge is 0.337 e. The fourth-order valence-corrected chi connectivity index (χ4v) is 3.42. The third-order valence-corrected chi connectivity index (χ3v) is 4.75. The van der Waals surface area contributed by atoms with Crippen LogP contribution in [0.1, 0.15) is 50.7 Å². The van der Waals surface area contributed by atoms with Crippen LogP contribution >= 0.6 is 0 Å². The Kier molecular flexibility index (Phi) is 5.04. The van der Waals surface area contributed by atoms with Crippen LogP contribution < -0.4 is 5.73 Å². The lowest BCUT2D eigenvalue weighted by molar-refractivity contribution is -0.139. The van der Waals surface area contributed by atoms with Crippen LogP contribution in [-0.4, -0.2) is 22.9 Å². The van der Waals surface area contributed by atoms with Crippen LogP contribution in [0, 0.1) is 12.8 Å². The lowest BCUT2D eigenvalue weighted by atomic mass is 9.76. The van der Waals surface area contributed by atoms with Crippen LogP contribution in [0.25, 0.3) is 0 Å². The van der Waals surface area contributed by atoms with Crippen molar-refractivity contribution >= 4 is 5.91 Å². The molecule has 2 rings (SSSR count). The maximum absolute atomic E-state index is 12.9. The van der Waals surface area contributed by atoms with Gasteiger partial charge in [-0.25, -0.2) is 0 Å². The van der Waals surface area contributed by atoms with E-state index in [1.165, 1.54) is 17.5 Å². The Labute approximate surface area is 128 Å². The second-order valence-electron chi connectivity index (χ2n) is 6.60. The van der Waals surface area contributed by atoms with Gasteiger partial charge in [0.15, 0.2) is 0 Å². The quantitative estimate of drug-likeness (QED) is 0.924. The number of aryl methyl sites for hydroxylation is 1. The topological polar surface area (TPSA) is 46.3 Å². The number of nitrogens with zero attached hydrogens (tertiary/aromatic N) is 1. The summed E-state index contributed by atoms with van der Waals surface area (Å²) in [4.78, 5) is 14.8. The molecule has 0 aromatic heterocycles. The van der Waals surface area contributed by atoms with Gasteiger partial charge in [0.05, 0.1) is 5.54 Å². The minimum absolute atomic E-state index is 0.125. The number of hydrogen-bond acceptors (Lipinski definition) is 2. The fraction of sp³-hybridized carbons (Fsp3) is 0.611. The maximum Gasteiger partial charge on any atom is 0.242 e. The van der Waals surface area contributed by atoms with Gasteiger partial charge >= 0.3 is 0 Å². The fourth-order valence-electron chi connectivity index (χ4n) is 3.42. The van der Waals surface area contributed by atoms with Gasteiger partial charge in [-0.3, -0.25) is 4.79 Å². The summed E-state index contributed by atoms with van der Waals surface area (Å²) >= 11 is 0. The summed E-state index contributed by atoms with van der Waals surface area (Å²) in [5.74, 6) is 0.671. The molecule has 0 heterocycles. The molecular formula is C18H28N2O. The SMILES string of the molecule is CCN(Cc1ccccc1C)C(=O)C1(N)CCCC(C)C1. The summed E-state index contributed by atoms with van der Waals surface area (Å²) in [5, 5.41) is 0.